The van der Waals surface area contributed by atoms with Crippen molar-refractivity contribution in [3.8, 4) is 0 Å². The molecule has 2 aliphatic carbocycles. The van der Waals surface area contributed by atoms with Gasteiger partial charge in [0.2, 0.25) is 0 Å². The Balaban J connectivity index is 2.20. The fourth-order valence-corrected chi connectivity index (χ4v) is 2.57. The number of amides is 1. The van der Waals surface area contributed by atoms with Crippen molar-refractivity contribution in [3.05, 3.63) is 0 Å². The van der Waals surface area contributed by atoms with Crippen LogP contribution in [0.5, 0.6) is 0 Å². The highest BCUT2D eigenvalue weighted by molar-refractivity contribution is 5.84. The lowest BCUT2D eigenvalue weighted by molar-refractivity contribution is -0.151. The maximum atomic E-state index is 12.4. The van der Waals surface area contributed by atoms with Gasteiger partial charge in [0, 0.05) is 6.04 Å². The number of carboxylic acid groups (broad SMARTS) is 1. The summed E-state index contributed by atoms with van der Waals surface area (Å²) in [5.41, 5.74) is -1.76. The number of aliphatic carboxylic acids is 1. The second kappa shape index (κ2) is 4.93. The number of hydrogen-bond donors (Lipinski definition) is 1. The summed E-state index contributed by atoms with van der Waals surface area (Å²) in [6.07, 6.45) is 3.90. The van der Waals surface area contributed by atoms with Crippen LogP contribution in [0, 0.1) is 5.92 Å². The van der Waals surface area contributed by atoms with Gasteiger partial charge in [0.15, 0.2) is 0 Å². The van der Waals surface area contributed by atoms with Gasteiger partial charge in [-0.05, 0) is 52.9 Å². The molecular formula is C15H25NO4. The van der Waals surface area contributed by atoms with Crippen LogP contribution in [0.2, 0.25) is 0 Å². The van der Waals surface area contributed by atoms with Gasteiger partial charge < -0.3 is 9.84 Å². The number of ether oxygens (including phenoxy) is 1. The van der Waals surface area contributed by atoms with Crippen LogP contribution in [-0.2, 0) is 9.53 Å². The summed E-state index contributed by atoms with van der Waals surface area (Å²) in [7, 11) is 0. The minimum Gasteiger partial charge on any atom is -0.480 e. The van der Waals surface area contributed by atoms with Crippen LogP contribution >= 0.6 is 0 Å². The minimum atomic E-state index is -1.15. The van der Waals surface area contributed by atoms with E-state index in [2.05, 4.69) is 0 Å². The average molecular weight is 283 g/mol. The smallest absolute Gasteiger partial charge is 0.411 e. The number of nitrogens with zero attached hydrogens (tertiary/aromatic N) is 1. The molecule has 2 rings (SSSR count). The van der Waals surface area contributed by atoms with E-state index in [9.17, 15) is 14.7 Å². The Morgan fingerprint density at radius 2 is 1.70 bits per heavy atom. The first-order valence-electron chi connectivity index (χ1n) is 7.39. The molecule has 2 aliphatic rings. The summed E-state index contributed by atoms with van der Waals surface area (Å²) in [4.78, 5) is 25.7. The van der Waals surface area contributed by atoms with Gasteiger partial charge in [-0.3, -0.25) is 4.90 Å². The Labute approximate surface area is 120 Å². The lowest BCUT2D eigenvalue weighted by Gasteiger charge is -2.39. The van der Waals surface area contributed by atoms with Crippen molar-refractivity contribution < 1.29 is 19.4 Å². The third-order valence-electron chi connectivity index (χ3n) is 3.88. The highest BCUT2D eigenvalue weighted by Crippen LogP contribution is 2.43. The SMILES string of the molecule is CC(C)(C)OC(=O)N(C1CC1)C(C)(CC1CC1)C(=O)O. The number of carboxylic acids is 1. The Hall–Kier alpha value is -1.26. The largest absolute Gasteiger partial charge is 0.480 e. The topological polar surface area (TPSA) is 66.8 Å². The molecule has 0 radical (unpaired) electrons. The van der Waals surface area contributed by atoms with E-state index in [1.807, 2.05) is 0 Å². The maximum Gasteiger partial charge on any atom is 0.411 e. The summed E-state index contributed by atoms with van der Waals surface area (Å²) in [6, 6.07) is 0.0182. The van der Waals surface area contributed by atoms with E-state index in [1.54, 1.807) is 27.7 Å². The first-order valence-corrected chi connectivity index (χ1v) is 7.39. The highest BCUT2D eigenvalue weighted by atomic mass is 16.6. The van der Waals surface area contributed by atoms with Crippen LogP contribution in [0.25, 0.3) is 0 Å². The van der Waals surface area contributed by atoms with Crippen molar-refractivity contribution in [2.75, 3.05) is 0 Å². The molecule has 2 saturated carbocycles. The van der Waals surface area contributed by atoms with Gasteiger partial charge in [0.25, 0.3) is 0 Å². The van der Waals surface area contributed by atoms with Crippen molar-refractivity contribution in [3.63, 3.8) is 0 Å². The van der Waals surface area contributed by atoms with Gasteiger partial charge in [0.05, 0.1) is 0 Å². The van der Waals surface area contributed by atoms with Gasteiger partial charge in [-0.2, -0.15) is 0 Å². The van der Waals surface area contributed by atoms with Crippen molar-refractivity contribution in [2.24, 2.45) is 5.92 Å². The number of hydrogen-bond acceptors (Lipinski definition) is 3. The van der Waals surface area contributed by atoms with Crippen molar-refractivity contribution in [1.29, 1.82) is 0 Å². The van der Waals surface area contributed by atoms with Gasteiger partial charge in [-0.1, -0.05) is 12.8 Å². The van der Waals surface area contributed by atoms with Crippen molar-refractivity contribution in [1.82, 2.24) is 4.90 Å². The van der Waals surface area contributed by atoms with E-state index in [0.29, 0.717) is 12.3 Å². The van der Waals surface area contributed by atoms with E-state index in [4.69, 9.17) is 4.74 Å². The van der Waals surface area contributed by atoms with E-state index in [1.165, 1.54) is 4.90 Å². The van der Waals surface area contributed by atoms with E-state index < -0.39 is 23.2 Å². The van der Waals surface area contributed by atoms with Crippen LogP contribution in [0.3, 0.4) is 0 Å². The molecule has 0 spiro atoms. The monoisotopic (exact) mass is 283 g/mol. The molecule has 0 saturated heterocycles. The average Bonchev–Trinajstić information content (AvgIpc) is 3.08. The molecule has 0 heterocycles. The second-order valence-corrected chi connectivity index (χ2v) is 7.31. The van der Waals surface area contributed by atoms with Crippen LogP contribution in [0.15, 0.2) is 0 Å². The third-order valence-corrected chi connectivity index (χ3v) is 3.88. The molecule has 1 amide bonds. The first-order chi connectivity index (χ1) is 9.13. The Morgan fingerprint density at radius 1 is 1.15 bits per heavy atom. The van der Waals surface area contributed by atoms with Crippen LogP contribution < -0.4 is 0 Å². The summed E-state index contributed by atoms with van der Waals surface area (Å²) in [5, 5.41) is 9.65. The zero-order chi connectivity index (χ0) is 15.1. The van der Waals surface area contributed by atoms with Gasteiger partial charge in [-0.25, -0.2) is 9.59 Å². The fraction of sp³-hybridized carbons (Fsp3) is 0.867. The molecule has 0 bridgehead atoms. The molecule has 114 valence electrons. The van der Waals surface area contributed by atoms with E-state index >= 15 is 0 Å². The minimum absolute atomic E-state index is 0.0182. The molecule has 0 aromatic rings. The molecule has 0 aliphatic heterocycles. The Morgan fingerprint density at radius 3 is 2.05 bits per heavy atom. The van der Waals surface area contributed by atoms with E-state index in [-0.39, 0.29) is 6.04 Å². The molecular weight excluding hydrogens is 258 g/mol. The van der Waals surface area contributed by atoms with Crippen LogP contribution in [0.4, 0.5) is 4.79 Å². The molecule has 2 fully saturated rings. The lowest BCUT2D eigenvalue weighted by Crippen LogP contribution is -2.57. The highest BCUT2D eigenvalue weighted by Gasteiger charge is 2.52. The number of carbonyl (C=O) groups excluding carboxylic acids is 1. The second-order valence-electron chi connectivity index (χ2n) is 7.31. The predicted octanol–water partition coefficient (Wildman–Crippen LogP) is 3.03. The third kappa shape index (κ3) is 3.44. The van der Waals surface area contributed by atoms with Gasteiger partial charge in [0.1, 0.15) is 11.1 Å². The van der Waals surface area contributed by atoms with Gasteiger partial charge >= 0.3 is 12.1 Å². The molecule has 1 N–H and O–H groups in total. The quantitative estimate of drug-likeness (QED) is 0.842. The maximum absolute atomic E-state index is 12.4. The normalized spacial score (nSPS) is 22.0. The Kier molecular flexibility index (Phi) is 3.73. The van der Waals surface area contributed by atoms with Crippen molar-refractivity contribution >= 4 is 12.1 Å². The predicted molar refractivity (Wildman–Crippen MR) is 74.5 cm³/mol. The van der Waals surface area contributed by atoms with Crippen LogP contribution in [0.1, 0.15) is 59.8 Å². The fourth-order valence-electron chi connectivity index (χ4n) is 2.57. The molecule has 5 heteroatoms. The molecule has 0 aromatic heterocycles. The van der Waals surface area contributed by atoms with Crippen molar-refractivity contribution in [2.45, 2.75) is 77.0 Å². The Bertz CT molecular complexity index is 407. The molecule has 5 nitrogen and oxygen atoms in total. The summed E-state index contributed by atoms with van der Waals surface area (Å²) in [6.45, 7) is 7.06. The van der Waals surface area contributed by atoms with Gasteiger partial charge in [-0.15, -0.1) is 0 Å². The summed E-state index contributed by atoms with van der Waals surface area (Å²) < 4.78 is 5.42. The van der Waals surface area contributed by atoms with Crippen LogP contribution in [-0.4, -0.2) is 39.3 Å². The van der Waals surface area contributed by atoms with E-state index in [0.717, 1.165) is 25.7 Å². The number of carbonyl (C=O) groups is 2. The summed E-state index contributed by atoms with van der Waals surface area (Å²) in [5.74, 6) is -0.498. The molecule has 0 aromatic carbocycles. The number of rotatable bonds is 5. The zero-order valence-corrected chi connectivity index (χ0v) is 12.8. The first kappa shape index (κ1) is 15.1. The lowest BCUT2D eigenvalue weighted by atomic mass is 9.92. The standard InChI is InChI=1S/C15H25NO4/c1-14(2,3)20-13(19)16(11-7-8-11)15(4,12(17)18)9-10-5-6-10/h10-11H,5-9H2,1-4H3,(H,17,18). The summed E-state index contributed by atoms with van der Waals surface area (Å²) >= 11 is 0. The molecule has 1 unspecified atom stereocenters. The molecule has 1 atom stereocenters. The molecule has 20 heavy (non-hydrogen) atoms. The zero-order valence-electron chi connectivity index (χ0n) is 12.8.